The van der Waals surface area contributed by atoms with E-state index in [2.05, 4.69) is 0 Å². The minimum absolute atomic E-state index is 0.163. The molecule has 0 saturated carbocycles. The molecule has 1 saturated heterocycles. The molecule has 1 aliphatic heterocycles. The molecule has 0 bridgehead atoms. The lowest BCUT2D eigenvalue weighted by atomic mass is 9.90. The Morgan fingerprint density at radius 2 is 2.20 bits per heavy atom. The van der Waals surface area contributed by atoms with E-state index in [9.17, 15) is 9.59 Å². The Morgan fingerprint density at radius 3 is 2.85 bits per heavy atom. The Hall–Kier alpha value is -2.15. The molecule has 1 amide bonds. The van der Waals surface area contributed by atoms with Crippen LogP contribution in [0.2, 0.25) is 0 Å². The molecule has 0 spiro atoms. The van der Waals surface area contributed by atoms with Crippen molar-refractivity contribution in [3.8, 4) is 6.07 Å². The number of rotatable bonds is 3. The predicted molar refractivity (Wildman–Crippen MR) is 76.2 cm³/mol. The summed E-state index contributed by atoms with van der Waals surface area (Å²) in [7, 11) is 0. The number of benzene rings is 1. The van der Waals surface area contributed by atoms with Crippen LogP contribution in [0.4, 0.5) is 5.69 Å². The lowest BCUT2D eigenvalue weighted by molar-refractivity contribution is -0.133. The summed E-state index contributed by atoms with van der Waals surface area (Å²) in [5.74, 6) is -1.07. The van der Waals surface area contributed by atoms with Gasteiger partial charge in [0.2, 0.25) is 5.91 Å². The molecule has 4 nitrogen and oxygen atoms in total. The molecule has 2 rings (SSSR count). The van der Waals surface area contributed by atoms with Crippen LogP contribution in [0.5, 0.6) is 0 Å². The molecule has 1 aliphatic rings. The minimum atomic E-state index is -0.649. The van der Waals surface area contributed by atoms with E-state index in [1.165, 1.54) is 0 Å². The first kappa shape index (κ1) is 14.3. The van der Waals surface area contributed by atoms with Gasteiger partial charge in [-0.15, -0.1) is 0 Å². The van der Waals surface area contributed by atoms with Crippen molar-refractivity contribution in [2.75, 3.05) is 11.4 Å². The molecule has 0 radical (unpaired) electrons. The first-order valence-electron chi connectivity index (χ1n) is 6.83. The number of nitrogens with zero attached hydrogens (tertiary/aromatic N) is 2. The van der Waals surface area contributed by atoms with Gasteiger partial charge in [-0.25, -0.2) is 0 Å². The van der Waals surface area contributed by atoms with Crippen LogP contribution in [-0.4, -0.2) is 18.2 Å². The van der Waals surface area contributed by atoms with Gasteiger partial charge in [0.1, 0.15) is 0 Å². The van der Waals surface area contributed by atoms with Gasteiger partial charge in [-0.05, 0) is 38.3 Å². The number of Topliss-reactive ketones (excluding diaryl/α,β-unsaturated/α-hetero) is 1. The minimum Gasteiger partial charge on any atom is -0.312 e. The molecule has 0 aliphatic carbocycles. The second kappa shape index (κ2) is 5.87. The number of amides is 1. The lowest BCUT2D eigenvalue weighted by Gasteiger charge is -2.32. The molecule has 1 aromatic rings. The number of nitriles is 1. The molecule has 0 aromatic heterocycles. The molecule has 1 heterocycles. The Kier molecular flexibility index (Phi) is 4.19. The van der Waals surface area contributed by atoms with Crippen molar-refractivity contribution in [3.63, 3.8) is 0 Å². The summed E-state index contributed by atoms with van der Waals surface area (Å²) in [6, 6.07) is 7.77. The molecule has 4 heteroatoms. The van der Waals surface area contributed by atoms with Crippen LogP contribution in [0.1, 0.15) is 30.4 Å². The molecule has 1 atom stereocenters. The summed E-state index contributed by atoms with van der Waals surface area (Å²) in [4.78, 5) is 26.0. The fraction of sp³-hybridized carbons (Fsp3) is 0.438. The van der Waals surface area contributed by atoms with Crippen LogP contribution < -0.4 is 4.90 Å². The Labute approximate surface area is 119 Å². The van der Waals surface area contributed by atoms with E-state index in [1.807, 2.05) is 38.1 Å². The third kappa shape index (κ3) is 2.72. The van der Waals surface area contributed by atoms with Gasteiger partial charge in [0.05, 0.1) is 18.4 Å². The van der Waals surface area contributed by atoms with Crippen LogP contribution in [-0.2, 0) is 9.59 Å². The van der Waals surface area contributed by atoms with Gasteiger partial charge >= 0.3 is 0 Å². The number of hydrogen-bond donors (Lipinski definition) is 0. The smallest absolute Gasteiger partial charge is 0.237 e. The number of ketones is 1. The van der Waals surface area contributed by atoms with Crippen molar-refractivity contribution in [2.45, 2.75) is 33.1 Å². The molecule has 0 N–H and O–H groups in total. The number of carbonyl (C=O) groups is 2. The van der Waals surface area contributed by atoms with Crippen molar-refractivity contribution in [3.05, 3.63) is 29.3 Å². The summed E-state index contributed by atoms with van der Waals surface area (Å²) in [5.41, 5.74) is 3.05. The van der Waals surface area contributed by atoms with Gasteiger partial charge in [-0.2, -0.15) is 5.26 Å². The normalized spacial score (nSPS) is 18.8. The first-order valence-corrected chi connectivity index (χ1v) is 6.83. The molecule has 20 heavy (non-hydrogen) atoms. The number of aryl methyl sites for hydroxylation is 2. The second-order valence-electron chi connectivity index (χ2n) is 5.28. The fourth-order valence-corrected chi connectivity index (χ4v) is 2.72. The maximum Gasteiger partial charge on any atom is 0.237 e. The summed E-state index contributed by atoms with van der Waals surface area (Å²) < 4.78 is 0. The van der Waals surface area contributed by atoms with Gasteiger partial charge in [-0.1, -0.05) is 17.7 Å². The molecule has 104 valence electrons. The number of anilines is 1. The summed E-state index contributed by atoms with van der Waals surface area (Å²) >= 11 is 0. The van der Waals surface area contributed by atoms with Crippen molar-refractivity contribution in [1.29, 1.82) is 5.26 Å². The maximum absolute atomic E-state index is 12.5. The highest BCUT2D eigenvalue weighted by atomic mass is 16.2. The summed E-state index contributed by atoms with van der Waals surface area (Å²) in [6.45, 7) is 4.61. The lowest BCUT2D eigenvalue weighted by Crippen LogP contribution is -2.44. The van der Waals surface area contributed by atoms with Crippen LogP contribution in [0, 0.1) is 31.1 Å². The first-order chi connectivity index (χ1) is 9.54. The topological polar surface area (TPSA) is 61.2 Å². The van der Waals surface area contributed by atoms with E-state index in [4.69, 9.17) is 5.26 Å². The number of hydrogen-bond acceptors (Lipinski definition) is 3. The maximum atomic E-state index is 12.5. The monoisotopic (exact) mass is 270 g/mol. The van der Waals surface area contributed by atoms with Gasteiger partial charge in [0.15, 0.2) is 5.78 Å². The van der Waals surface area contributed by atoms with Crippen LogP contribution >= 0.6 is 0 Å². The van der Waals surface area contributed by atoms with Crippen molar-refractivity contribution in [1.82, 2.24) is 0 Å². The third-order valence-electron chi connectivity index (χ3n) is 3.72. The van der Waals surface area contributed by atoms with E-state index in [0.717, 1.165) is 23.2 Å². The zero-order valence-electron chi connectivity index (χ0n) is 11.8. The number of piperidine rings is 1. The quantitative estimate of drug-likeness (QED) is 0.793. The van der Waals surface area contributed by atoms with Crippen LogP contribution in [0.15, 0.2) is 18.2 Å². The van der Waals surface area contributed by atoms with E-state index in [1.54, 1.807) is 4.90 Å². The Bertz CT molecular complexity index is 587. The molecular weight excluding hydrogens is 252 g/mol. The van der Waals surface area contributed by atoms with Gasteiger partial charge in [0.25, 0.3) is 0 Å². The Balaban J connectivity index is 2.26. The SMILES string of the molecule is Cc1ccc(N2CCC[C@H](C(=O)CC#N)C2=O)c(C)c1. The van der Waals surface area contributed by atoms with E-state index >= 15 is 0 Å². The van der Waals surface area contributed by atoms with Crippen LogP contribution in [0.25, 0.3) is 0 Å². The molecule has 1 aromatic carbocycles. The zero-order chi connectivity index (χ0) is 14.7. The molecule has 1 fully saturated rings. The van der Waals surface area contributed by atoms with Crippen LogP contribution in [0.3, 0.4) is 0 Å². The van der Waals surface area contributed by atoms with Gasteiger partial charge in [0, 0.05) is 12.2 Å². The molecule has 0 unspecified atom stereocenters. The van der Waals surface area contributed by atoms with Gasteiger partial charge in [-0.3, -0.25) is 9.59 Å². The average Bonchev–Trinajstić information content (AvgIpc) is 2.40. The van der Waals surface area contributed by atoms with Crippen molar-refractivity contribution in [2.24, 2.45) is 5.92 Å². The summed E-state index contributed by atoms with van der Waals surface area (Å²) in [6.07, 6.45) is 1.17. The second-order valence-corrected chi connectivity index (χ2v) is 5.28. The highest BCUT2D eigenvalue weighted by molar-refractivity contribution is 6.09. The van der Waals surface area contributed by atoms with Gasteiger partial charge < -0.3 is 4.90 Å². The molecular formula is C16H18N2O2. The highest BCUT2D eigenvalue weighted by Crippen LogP contribution is 2.28. The zero-order valence-corrected chi connectivity index (χ0v) is 11.8. The number of carbonyl (C=O) groups excluding carboxylic acids is 2. The van der Waals surface area contributed by atoms with Crippen molar-refractivity contribution < 1.29 is 9.59 Å². The largest absolute Gasteiger partial charge is 0.312 e. The highest BCUT2D eigenvalue weighted by Gasteiger charge is 2.34. The van der Waals surface area contributed by atoms with Crippen molar-refractivity contribution >= 4 is 17.4 Å². The predicted octanol–water partition coefficient (Wildman–Crippen LogP) is 2.53. The van der Waals surface area contributed by atoms with E-state index < -0.39 is 5.92 Å². The third-order valence-corrected chi connectivity index (χ3v) is 3.72. The Morgan fingerprint density at radius 1 is 1.45 bits per heavy atom. The fourth-order valence-electron chi connectivity index (χ4n) is 2.72. The average molecular weight is 270 g/mol. The van der Waals surface area contributed by atoms with E-state index in [-0.39, 0.29) is 18.1 Å². The standard InChI is InChI=1S/C16H18N2O2/c1-11-5-6-14(12(2)10-11)18-9-3-4-13(16(18)20)15(19)7-8-17/h5-6,10,13H,3-4,7,9H2,1-2H3/t13-/m1/s1. The summed E-state index contributed by atoms with van der Waals surface area (Å²) in [5, 5.41) is 8.62. The van der Waals surface area contributed by atoms with E-state index in [0.29, 0.717) is 13.0 Å².